The molecule has 2 aromatic carbocycles. The first-order chi connectivity index (χ1) is 10.2. The number of hydrogen-bond acceptors (Lipinski definition) is 4. The number of amides is 1. The van der Waals surface area contributed by atoms with Gasteiger partial charge in [-0.1, -0.05) is 18.2 Å². The molecule has 21 heavy (non-hydrogen) atoms. The zero-order valence-corrected chi connectivity index (χ0v) is 11.3. The van der Waals surface area contributed by atoms with Crippen molar-refractivity contribution in [3.05, 3.63) is 65.2 Å². The number of nitrogens with one attached hydrogen (secondary N) is 1. The number of cyclic esters (lactones) is 1. The number of esters is 1. The largest absolute Gasteiger partial charge is 0.497 e. The normalized spacial score (nSPS) is 16.0. The minimum Gasteiger partial charge on any atom is -0.497 e. The molecule has 2 aromatic rings. The summed E-state index contributed by atoms with van der Waals surface area (Å²) in [6.45, 7) is 0. The quantitative estimate of drug-likeness (QED) is 0.878. The van der Waals surface area contributed by atoms with Crippen LogP contribution in [0.4, 0.5) is 0 Å². The molecule has 3 rings (SSSR count). The van der Waals surface area contributed by atoms with Crippen LogP contribution in [0.3, 0.4) is 0 Å². The Hall–Kier alpha value is -2.82. The van der Waals surface area contributed by atoms with Gasteiger partial charge in [0, 0.05) is 11.1 Å². The van der Waals surface area contributed by atoms with E-state index in [0.717, 1.165) is 0 Å². The fourth-order valence-electron chi connectivity index (χ4n) is 2.20. The lowest BCUT2D eigenvalue weighted by Gasteiger charge is -2.13. The Kier molecular flexibility index (Phi) is 3.31. The highest BCUT2D eigenvalue weighted by molar-refractivity contribution is 5.97. The van der Waals surface area contributed by atoms with E-state index in [9.17, 15) is 9.59 Å². The van der Waals surface area contributed by atoms with Gasteiger partial charge in [0.15, 0.2) is 0 Å². The van der Waals surface area contributed by atoms with Crippen LogP contribution in [0.25, 0.3) is 0 Å². The molecule has 0 fully saturated rings. The molecule has 0 bridgehead atoms. The molecule has 5 nitrogen and oxygen atoms in total. The van der Waals surface area contributed by atoms with Gasteiger partial charge < -0.3 is 14.8 Å². The molecule has 1 N–H and O–H groups in total. The monoisotopic (exact) mass is 283 g/mol. The van der Waals surface area contributed by atoms with Gasteiger partial charge in [0.1, 0.15) is 5.75 Å². The molecule has 1 aliphatic rings. The molecular formula is C16H13NO4. The van der Waals surface area contributed by atoms with E-state index in [1.54, 1.807) is 55.6 Å². The standard InChI is InChI=1S/C16H13NO4/c1-20-11-8-6-10(7-9-11)14(18)17-15-12-4-2-3-5-13(12)16(19)21-15/h2-9,15H,1H3,(H,17,18). The molecule has 0 spiro atoms. The second kappa shape index (κ2) is 5.28. The lowest BCUT2D eigenvalue weighted by atomic mass is 10.1. The van der Waals surface area contributed by atoms with Crippen LogP contribution in [0.15, 0.2) is 48.5 Å². The zero-order chi connectivity index (χ0) is 14.8. The third-order valence-corrected chi connectivity index (χ3v) is 3.30. The van der Waals surface area contributed by atoms with E-state index < -0.39 is 12.2 Å². The van der Waals surface area contributed by atoms with Crippen molar-refractivity contribution in [2.75, 3.05) is 7.11 Å². The number of carbonyl (C=O) groups is 2. The van der Waals surface area contributed by atoms with Crippen molar-refractivity contribution in [2.24, 2.45) is 0 Å². The highest BCUT2D eigenvalue weighted by Crippen LogP contribution is 2.28. The molecule has 0 radical (unpaired) electrons. The second-order valence-electron chi connectivity index (χ2n) is 4.57. The fourth-order valence-corrected chi connectivity index (χ4v) is 2.20. The highest BCUT2D eigenvalue weighted by Gasteiger charge is 2.31. The number of carbonyl (C=O) groups excluding carboxylic acids is 2. The summed E-state index contributed by atoms with van der Waals surface area (Å²) in [7, 11) is 1.56. The van der Waals surface area contributed by atoms with Gasteiger partial charge in [-0.25, -0.2) is 4.79 Å². The van der Waals surface area contributed by atoms with E-state index in [1.165, 1.54) is 0 Å². The number of fused-ring (bicyclic) bond motifs is 1. The number of ether oxygens (including phenoxy) is 2. The summed E-state index contributed by atoms with van der Waals surface area (Å²) in [6, 6.07) is 13.7. The van der Waals surface area contributed by atoms with Gasteiger partial charge in [0.05, 0.1) is 12.7 Å². The molecule has 0 saturated carbocycles. The van der Waals surface area contributed by atoms with E-state index in [-0.39, 0.29) is 5.91 Å². The molecular weight excluding hydrogens is 270 g/mol. The summed E-state index contributed by atoms with van der Waals surface area (Å²) in [4.78, 5) is 23.9. The second-order valence-corrected chi connectivity index (χ2v) is 4.57. The Morgan fingerprint density at radius 1 is 1.14 bits per heavy atom. The minimum absolute atomic E-state index is 0.313. The third kappa shape index (κ3) is 2.45. The molecule has 1 unspecified atom stereocenters. The molecule has 0 aromatic heterocycles. The molecule has 1 heterocycles. The number of hydrogen-bond donors (Lipinski definition) is 1. The van der Waals surface area contributed by atoms with Crippen LogP contribution in [0.5, 0.6) is 5.75 Å². The molecule has 0 aliphatic carbocycles. The molecule has 1 aliphatic heterocycles. The Morgan fingerprint density at radius 3 is 2.57 bits per heavy atom. The Bertz CT molecular complexity index is 694. The Labute approximate surface area is 121 Å². The van der Waals surface area contributed by atoms with Gasteiger partial charge in [-0.15, -0.1) is 0 Å². The van der Waals surface area contributed by atoms with Crippen molar-refractivity contribution < 1.29 is 19.1 Å². The first kappa shape index (κ1) is 13.2. The highest BCUT2D eigenvalue weighted by atomic mass is 16.6. The van der Waals surface area contributed by atoms with Crippen LogP contribution in [0.1, 0.15) is 32.5 Å². The zero-order valence-electron chi connectivity index (χ0n) is 11.3. The molecule has 1 amide bonds. The topological polar surface area (TPSA) is 64.6 Å². The van der Waals surface area contributed by atoms with Crippen LogP contribution in [-0.4, -0.2) is 19.0 Å². The maximum Gasteiger partial charge on any atom is 0.340 e. The number of methoxy groups -OCH3 is 1. The van der Waals surface area contributed by atoms with Gasteiger partial charge in [0.25, 0.3) is 5.91 Å². The summed E-state index contributed by atoms with van der Waals surface area (Å²) in [5, 5.41) is 2.70. The predicted molar refractivity (Wildman–Crippen MR) is 75.1 cm³/mol. The molecule has 106 valence electrons. The maximum absolute atomic E-state index is 12.2. The van der Waals surface area contributed by atoms with Crippen molar-refractivity contribution in [1.82, 2.24) is 5.32 Å². The van der Waals surface area contributed by atoms with Gasteiger partial charge >= 0.3 is 5.97 Å². The predicted octanol–water partition coefficient (Wildman–Crippen LogP) is 2.29. The van der Waals surface area contributed by atoms with Crippen molar-refractivity contribution in [3.8, 4) is 5.75 Å². The van der Waals surface area contributed by atoms with Crippen molar-refractivity contribution in [3.63, 3.8) is 0 Å². The van der Waals surface area contributed by atoms with E-state index in [0.29, 0.717) is 22.4 Å². The SMILES string of the molecule is COc1ccc(C(=O)NC2OC(=O)c3ccccc32)cc1. The summed E-state index contributed by atoms with van der Waals surface area (Å²) >= 11 is 0. The number of benzene rings is 2. The molecule has 1 atom stereocenters. The summed E-state index contributed by atoms with van der Waals surface area (Å²) in [5.74, 6) is -0.0676. The van der Waals surface area contributed by atoms with E-state index >= 15 is 0 Å². The van der Waals surface area contributed by atoms with Crippen LogP contribution < -0.4 is 10.1 Å². The van der Waals surface area contributed by atoms with E-state index in [1.807, 2.05) is 0 Å². The van der Waals surface area contributed by atoms with Crippen molar-refractivity contribution in [2.45, 2.75) is 6.23 Å². The van der Waals surface area contributed by atoms with Crippen LogP contribution in [0.2, 0.25) is 0 Å². The smallest absolute Gasteiger partial charge is 0.340 e. The fraction of sp³-hybridized carbons (Fsp3) is 0.125. The summed E-state index contributed by atoms with van der Waals surface area (Å²) in [6.07, 6.45) is -0.747. The lowest BCUT2D eigenvalue weighted by Crippen LogP contribution is -2.28. The van der Waals surface area contributed by atoms with Crippen LogP contribution in [0, 0.1) is 0 Å². The third-order valence-electron chi connectivity index (χ3n) is 3.30. The molecule has 5 heteroatoms. The lowest BCUT2D eigenvalue weighted by molar-refractivity contribution is 0.0304. The number of rotatable bonds is 3. The van der Waals surface area contributed by atoms with Gasteiger partial charge in [-0.05, 0) is 30.3 Å². The van der Waals surface area contributed by atoms with E-state index in [2.05, 4.69) is 5.32 Å². The van der Waals surface area contributed by atoms with Gasteiger partial charge in [0.2, 0.25) is 6.23 Å². The average molecular weight is 283 g/mol. The Balaban J connectivity index is 1.78. The van der Waals surface area contributed by atoms with Gasteiger partial charge in [-0.2, -0.15) is 0 Å². The Morgan fingerprint density at radius 2 is 1.86 bits per heavy atom. The van der Waals surface area contributed by atoms with Crippen molar-refractivity contribution in [1.29, 1.82) is 0 Å². The first-order valence-corrected chi connectivity index (χ1v) is 6.44. The van der Waals surface area contributed by atoms with E-state index in [4.69, 9.17) is 9.47 Å². The summed E-state index contributed by atoms with van der Waals surface area (Å²) in [5.41, 5.74) is 1.62. The minimum atomic E-state index is -0.747. The molecule has 0 saturated heterocycles. The van der Waals surface area contributed by atoms with Gasteiger partial charge in [-0.3, -0.25) is 4.79 Å². The van der Waals surface area contributed by atoms with Crippen molar-refractivity contribution >= 4 is 11.9 Å². The first-order valence-electron chi connectivity index (χ1n) is 6.44. The average Bonchev–Trinajstić information content (AvgIpc) is 2.84. The summed E-state index contributed by atoms with van der Waals surface area (Å²) < 4.78 is 10.2. The van der Waals surface area contributed by atoms with Crippen LogP contribution in [-0.2, 0) is 4.74 Å². The van der Waals surface area contributed by atoms with Crippen LogP contribution >= 0.6 is 0 Å². The maximum atomic E-state index is 12.2.